The lowest BCUT2D eigenvalue weighted by Crippen LogP contribution is -2.33. The molecule has 0 saturated heterocycles. The van der Waals surface area contributed by atoms with Crippen molar-refractivity contribution in [3.05, 3.63) is 81.3 Å². The molecule has 1 aromatic heterocycles. The van der Waals surface area contributed by atoms with Crippen LogP contribution in [0, 0.1) is 19.8 Å². The second-order valence-corrected chi connectivity index (χ2v) is 9.69. The highest BCUT2D eigenvalue weighted by molar-refractivity contribution is 7.09. The lowest BCUT2D eigenvalue weighted by atomic mass is 10.1. The first kappa shape index (κ1) is 21.7. The van der Waals surface area contributed by atoms with Crippen LogP contribution in [0.2, 0.25) is 0 Å². The van der Waals surface area contributed by atoms with Gasteiger partial charge < -0.3 is 5.32 Å². The number of nitrogens with one attached hydrogen (secondary N) is 1. The van der Waals surface area contributed by atoms with Gasteiger partial charge in [-0.15, -0.1) is 11.3 Å². The molecule has 31 heavy (non-hydrogen) atoms. The van der Waals surface area contributed by atoms with Gasteiger partial charge in [-0.1, -0.05) is 42.5 Å². The van der Waals surface area contributed by atoms with Crippen LogP contribution in [-0.4, -0.2) is 21.8 Å². The van der Waals surface area contributed by atoms with E-state index in [-0.39, 0.29) is 5.91 Å². The van der Waals surface area contributed by atoms with Crippen molar-refractivity contribution in [2.24, 2.45) is 5.92 Å². The van der Waals surface area contributed by atoms with Crippen molar-refractivity contribution in [2.45, 2.75) is 59.2 Å². The summed E-state index contributed by atoms with van der Waals surface area (Å²) < 4.78 is 0. The zero-order valence-corrected chi connectivity index (χ0v) is 19.4. The molecular formula is C26H31N3OS. The first-order valence-corrected chi connectivity index (χ1v) is 11.9. The molecule has 1 heterocycles. The molecule has 0 spiro atoms. The fourth-order valence-electron chi connectivity index (χ4n) is 3.95. The van der Waals surface area contributed by atoms with Gasteiger partial charge in [0.05, 0.1) is 12.1 Å². The number of carbonyl (C=O) groups excluding carboxylic acids is 1. The largest absolute Gasteiger partial charge is 0.325 e. The van der Waals surface area contributed by atoms with Crippen LogP contribution in [0.5, 0.6) is 0 Å². The van der Waals surface area contributed by atoms with Crippen LogP contribution in [-0.2, 0) is 24.3 Å². The fourth-order valence-corrected chi connectivity index (χ4v) is 4.74. The van der Waals surface area contributed by atoms with Crippen LogP contribution < -0.4 is 5.32 Å². The number of aryl methyl sites for hydroxylation is 2. The average Bonchev–Trinajstić information content (AvgIpc) is 3.51. The normalized spacial score (nSPS) is 14.6. The number of anilines is 1. The second-order valence-electron chi connectivity index (χ2n) is 8.74. The molecule has 1 aliphatic carbocycles. The summed E-state index contributed by atoms with van der Waals surface area (Å²) in [7, 11) is 0. The van der Waals surface area contributed by atoms with Gasteiger partial charge in [0.25, 0.3) is 0 Å². The van der Waals surface area contributed by atoms with E-state index in [9.17, 15) is 4.79 Å². The van der Waals surface area contributed by atoms with E-state index < -0.39 is 0 Å². The summed E-state index contributed by atoms with van der Waals surface area (Å²) in [6, 6.07) is 17.3. The average molecular weight is 434 g/mol. The predicted octanol–water partition coefficient (Wildman–Crippen LogP) is 5.74. The smallest absolute Gasteiger partial charge is 0.231 e. The zero-order valence-electron chi connectivity index (χ0n) is 18.6. The van der Waals surface area contributed by atoms with Crippen molar-refractivity contribution in [3.63, 3.8) is 0 Å². The summed E-state index contributed by atoms with van der Waals surface area (Å²) in [6.45, 7) is 8.14. The van der Waals surface area contributed by atoms with E-state index >= 15 is 0 Å². The molecule has 1 amide bonds. The molecule has 0 bridgehead atoms. The minimum Gasteiger partial charge on any atom is -0.325 e. The number of hydrogen-bond acceptors (Lipinski definition) is 4. The van der Waals surface area contributed by atoms with Gasteiger partial charge in [0.1, 0.15) is 5.01 Å². The molecular weight excluding hydrogens is 402 g/mol. The van der Waals surface area contributed by atoms with Crippen LogP contribution in [0.4, 0.5) is 5.69 Å². The van der Waals surface area contributed by atoms with Crippen molar-refractivity contribution in [1.82, 2.24) is 9.88 Å². The molecule has 1 fully saturated rings. The molecule has 1 atom stereocenters. The van der Waals surface area contributed by atoms with Crippen LogP contribution in [0.15, 0.2) is 53.9 Å². The molecule has 0 radical (unpaired) electrons. The molecule has 1 saturated carbocycles. The van der Waals surface area contributed by atoms with Gasteiger partial charge in [-0.25, -0.2) is 4.98 Å². The van der Waals surface area contributed by atoms with Gasteiger partial charge in [0, 0.05) is 30.2 Å². The fraction of sp³-hybridized carbons (Fsp3) is 0.385. The number of amides is 1. The van der Waals surface area contributed by atoms with Crippen LogP contribution >= 0.6 is 11.3 Å². The lowest BCUT2D eigenvalue weighted by molar-refractivity contribution is -0.115. The highest BCUT2D eigenvalue weighted by Crippen LogP contribution is 2.36. The standard InChI is InChI=1S/C26H31N3OS/c1-18-9-10-19(2)24(13-18)28-25(30)14-26-27-23(17-31-26)16-29(20(3)22-11-12-22)15-21-7-5-4-6-8-21/h4-10,13,17,20,22H,11-12,14-16H2,1-3H3,(H,28,30). The molecule has 3 aromatic rings. The molecule has 1 N–H and O–H groups in total. The van der Waals surface area contributed by atoms with Crippen LogP contribution in [0.1, 0.15) is 47.2 Å². The van der Waals surface area contributed by atoms with E-state index in [0.29, 0.717) is 12.5 Å². The summed E-state index contributed by atoms with van der Waals surface area (Å²) in [5.41, 5.74) is 5.49. The van der Waals surface area contributed by atoms with E-state index in [0.717, 1.165) is 46.5 Å². The van der Waals surface area contributed by atoms with E-state index in [2.05, 4.69) is 58.9 Å². The molecule has 4 rings (SSSR count). The first-order chi connectivity index (χ1) is 15.0. The summed E-state index contributed by atoms with van der Waals surface area (Å²) in [5.74, 6) is 0.784. The van der Waals surface area contributed by atoms with E-state index in [1.165, 1.54) is 18.4 Å². The van der Waals surface area contributed by atoms with Gasteiger partial charge in [-0.05, 0) is 62.3 Å². The van der Waals surface area contributed by atoms with Gasteiger partial charge in [0.2, 0.25) is 5.91 Å². The van der Waals surface area contributed by atoms with Crippen LogP contribution in [0.3, 0.4) is 0 Å². The Morgan fingerprint density at radius 3 is 2.68 bits per heavy atom. The SMILES string of the molecule is Cc1ccc(C)c(NC(=O)Cc2nc(CN(Cc3ccccc3)C(C)C3CC3)cs2)c1. The van der Waals surface area contributed by atoms with Crippen molar-refractivity contribution in [3.8, 4) is 0 Å². The third-order valence-corrected chi connectivity index (χ3v) is 6.95. The number of aromatic nitrogens is 1. The second kappa shape index (κ2) is 9.75. The number of rotatable bonds is 9. The quantitative estimate of drug-likeness (QED) is 0.468. The maximum absolute atomic E-state index is 12.6. The summed E-state index contributed by atoms with van der Waals surface area (Å²) in [4.78, 5) is 19.9. The number of hydrogen-bond donors (Lipinski definition) is 1. The van der Waals surface area contributed by atoms with Crippen molar-refractivity contribution in [2.75, 3.05) is 5.32 Å². The Hall–Kier alpha value is -2.50. The Balaban J connectivity index is 1.39. The number of thiazole rings is 1. The first-order valence-electron chi connectivity index (χ1n) is 11.1. The molecule has 162 valence electrons. The number of nitrogens with zero attached hydrogens (tertiary/aromatic N) is 2. The zero-order chi connectivity index (χ0) is 21.8. The molecule has 1 aliphatic rings. The van der Waals surface area contributed by atoms with Gasteiger partial charge in [-0.3, -0.25) is 9.69 Å². The van der Waals surface area contributed by atoms with Crippen LogP contribution in [0.25, 0.3) is 0 Å². The summed E-state index contributed by atoms with van der Waals surface area (Å²) in [6.07, 6.45) is 2.97. The number of carbonyl (C=O) groups is 1. The third-order valence-electron chi connectivity index (χ3n) is 6.05. The van der Waals surface area contributed by atoms with Crippen molar-refractivity contribution < 1.29 is 4.79 Å². The van der Waals surface area contributed by atoms with Crippen molar-refractivity contribution in [1.29, 1.82) is 0 Å². The Morgan fingerprint density at radius 2 is 1.94 bits per heavy atom. The topological polar surface area (TPSA) is 45.2 Å². The molecule has 5 heteroatoms. The van der Waals surface area contributed by atoms with Gasteiger partial charge in [-0.2, -0.15) is 0 Å². The van der Waals surface area contributed by atoms with E-state index in [4.69, 9.17) is 4.98 Å². The minimum absolute atomic E-state index is 0.0120. The number of benzene rings is 2. The maximum Gasteiger partial charge on any atom is 0.231 e. The van der Waals surface area contributed by atoms with Gasteiger partial charge >= 0.3 is 0 Å². The molecule has 2 aromatic carbocycles. The molecule has 1 unspecified atom stereocenters. The van der Waals surface area contributed by atoms with Crippen molar-refractivity contribution >= 4 is 22.9 Å². The Kier molecular flexibility index (Phi) is 6.83. The Morgan fingerprint density at radius 1 is 1.16 bits per heavy atom. The van der Waals surface area contributed by atoms with E-state index in [1.54, 1.807) is 11.3 Å². The summed E-state index contributed by atoms with van der Waals surface area (Å²) in [5, 5.41) is 6.02. The summed E-state index contributed by atoms with van der Waals surface area (Å²) >= 11 is 1.58. The van der Waals surface area contributed by atoms with Gasteiger partial charge in [0.15, 0.2) is 0 Å². The predicted molar refractivity (Wildman–Crippen MR) is 128 cm³/mol. The van der Waals surface area contributed by atoms with E-state index in [1.807, 2.05) is 26.0 Å². The minimum atomic E-state index is -0.0120. The third kappa shape index (κ3) is 6.02. The Labute approximate surface area is 189 Å². The lowest BCUT2D eigenvalue weighted by Gasteiger charge is -2.28. The highest BCUT2D eigenvalue weighted by atomic mass is 32.1. The monoisotopic (exact) mass is 433 g/mol. The molecule has 4 nitrogen and oxygen atoms in total. The highest BCUT2D eigenvalue weighted by Gasteiger charge is 2.32. The Bertz CT molecular complexity index is 1030. The molecule has 0 aliphatic heterocycles. The maximum atomic E-state index is 12.6.